The highest BCUT2D eigenvalue weighted by Gasteiger charge is 2.44. The predicted molar refractivity (Wildman–Crippen MR) is 236 cm³/mol. The van der Waals surface area contributed by atoms with Crippen LogP contribution in [0.3, 0.4) is 0 Å². The Morgan fingerprint density at radius 1 is 0.644 bits per heavy atom. The van der Waals surface area contributed by atoms with Crippen molar-refractivity contribution in [1.82, 2.24) is 19.9 Å². The van der Waals surface area contributed by atoms with Crippen molar-refractivity contribution >= 4 is 59.7 Å². The molecule has 8 rings (SSSR count). The van der Waals surface area contributed by atoms with Gasteiger partial charge >= 0.3 is 0 Å². The second-order valence-electron chi connectivity index (χ2n) is 15.9. The fourth-order valence-corrected chi connectivity index (χ4v) is 9.08. The summed E-state index contributed by atoms with van der Waals surface area (Å²) < 4.78 is 43.3. The van der Waals surface area contributed by atoms with E-state index in [-0.39, 0.29) is 11.6 Å². The van der Waals surface area contributed by atoms with E-state index in [9.17, 15) is 8.78 Å². The zero-order chi connectivity index (χ0) is 41.7. The van der Waals surface area contributed by atoms with Crippen molar-refractivity contribution in [3.05, 3.63) is 104 Å². The van der Waals surface area contributed by atoms with E-state index >= 15 is 0 Å². The van der Waals surface area contributed by atoms with E-state index in [2.05, 4.69) is 77.5 Å². The third-order valence-electron chi connectivity index (χ3n) is 11.8. The van der Waals surface area contributed by atoms with Gasteiger partial charge in [-0.15, -0.1) is 0 Å². The highest BCUT2D eigenvalue weighted by molar-refractivity contribution is 9.10. The molecule has 2 aliphatic heterocycles. The monoisotopic (exact) mass is 1010 g/mol. The second kappa shape index (κ2) is 23.0. The van der Waals surface area contributed by atoms with Crippen LogP contribution in [-0.2, 0) is 39.4 Å². The number of aliphatic hydroxyl groups excluding tert-OH is 1. The van der Waals surface area contributed by atoms with Gasteiger partial charge in [0.25, 0.3) is 0 Å². The summed E-state index contributed by atoms with van der Waals surface area (Å²) in [5.41, 5.74) is 3.83. The summed E-state index contributed by atoms with van der Waals surface area (Å²) in [6.45, 7) is 6.81. The molecule has 4 fully saturated rings. The molecule has 2 aromatic carbocycles. The molecule has 4 aliphatic rings. The highest BCUT2D eigenvalue weighted by atomic mass is 79.9. The zero-order valence-electron chi connectivity index (χ0n) is 33.8. The van der Waals surface area contributed by atoms with Crippen molar-refractivity contribution in [2.24, 2.45) is 35.5 Å². The minimum Gasteiger partial charge on any atom is -0.396 e. The molecule has 1 N–H and O–H groups in total. The Balaban J connectivity index is 0.000000168. The SMILES string of the molecule is COCc1cnc(N2CCC([C@H]3C[C@H]3CO)CC2)nc1.COCc1cnc(N2CCC([C@H]3C[C@H]3COCc3ccc(Br)c(F)c3)CC2)nc1.Fc1cc(CBr)ccc1Br. The molecule has 320 valence electrons. The summed E-state index contributed by atoms with van der Waals surface area (Å²) in [5, 5.41) is 9.86. The number of anilines is 2. The first-order valence-corrected chi connectivity index (χ1v) is 23.1. The topological polar surface area (TPSA) is 106 Å². The van der Waals surface area contributed by atoms with Crippen LogP contribution in [0.5, 0.6) is 0 Å². The Kier molecular flexibility index (Phi) is 17.9. The maximum absolute atomic E-state index is 13.6. The van der Waals surface area contributed by atoms with Gasteiger partial charge in [0.15, 0.2) is 0 Å². The minimum atomic E-state index is -0.237. The summed E-state index contributed by atoms with van der Waals surface area (Å²) >= 11 is 9.48. The average Bonchev–Trinajstić information content (AvgIpc) is 4.21. The van der Waals surface area contributed by atoms with Crippen LogP contribution in [-0.4, -0.2) is 78.7 Å². The molecular weight excluding hydrogens is 954 g/mol. The van der Waals surface area contributed by atoms with Gasteiger partial charge < -0.3 is 29.1 Å². The van der Waals surface area contributed by atoms with Gasteiger partial charge in [0.1, 0.15) is 11.6 Å². The first-order valence-electron chi connectivity index (χ1n) is 20.4. The number of rotatable bonds is 14. The van der Waals surface area contributed by atoms with Gasteiger partial charge in [0, 0.05) is 88.2 Å². The summed E-state index contributed by atoms with van der Waals surface area (Å²) in [6, 6.07) is 10.2. The van der Waals surface area contributed by atoms with Crippen molar-refractivity contribution in [2.45, 2.75) is 63.7 Å². The minimum absolute atomic E-state index is 0.211. The van der Waals surface area contributed by atoms with Gasteiger partial charge in [0.05, 0.1) is 35.4 Å². The number of halogens is 5. The summed E-state index contributed by atoms with van der Waals surface area (Å²) in [4.78, 5) is 22.4. The number of benzene rings is 2. The summed E-state index contributed by atoms with van der Waals surface area (Å²) in [7, 11) is 3.35. The Hall–Kier alpha value is -2.66. The molecule has 2 saturated carbocycles. The maximum atomic E-state index is 13.6. The zero-order valence-corrected chi connectivity index (χ0v) is 38.6. The predicted octanol–water partition coefficient (Wildman–Crippen LogP) is 9.54. The number of hydrogen-bond acceptors (Lipinski definition) is 10. The van der Waals surface area contributed by atoms with Crippen LogP contribution in [0.1, 0.15) is 60.8 Å². The Bertz CT molecular complexity index is 1890. The number of piperidine rings is 2. The Morgan fingerprint density at radius 3 is 1.51 bits per heavy atom. The quantitative estimate of drug-likeness (QED) is 0.123. The maximum Gasteiger partial charge on any atom is 0.225 e. The van der Waals surface area contributed by atoms with Gasteiger partial charge in [-0.05, 0) is 141 Å². The van der Waals surface area contributed by atoms with E-state index in [0.717, 1.165) is 90.6 Å². The number of hydrogen-bond donors (Lipinski definition) is 1. The fourth-order valence-electron chi connectivity index (χ4n) is 8.24. The van der Waals surface area contributed by atoms with E-state index in [0.29, 0.717) is 52.5 Å². The van der Waals surface area contributed by atoms with Gasteiger partial charge in [-0.3, -0.25) is 0 Å². The molecule has 4 atom stereocenters. The van der Waals surface area contributed by atoms with Crippen LogP contribution in [0.15, 0.2) is 70.1 Å². The molecule has 0 bridgehead atoms. The lowest BCUT2D eigenvalue weighted by Gasteiger charge is -2.32. The van der Waals surface area contributed by atoms with Crippen molar-refractivity contribution in [1.29, 1.82) is 0 Å². The van der Waals surface area contributed by atoms with Crippen LogP contribution in [0.25, 0.3) is 0 Å². The average molecular weight is 1010 g/mol. The molecule has 0 amide bonds. The van der Waals surface area contributed by atoms with Crippen LogP contribution in [0.4, 0.5) is 20.7 Å². The van der Waals surface area contributed by atoms with Gasteiger partial charge in [-0.2, -0.15) is 0 Å². The van der Waals surface area contributed by atoms with E-state index in [4.69, 9.17) is 19.3 Å². The van der Waals surface area contributed by atoms with Gasteiger partial charge in [-0.1, -0.05) is 28.1 Å². The number of aliphatic hydroxyl groups is 1. The largest absolute Gasteiger partial charge is 0.396 e. The van der Waals surface area contributed by atoms with Crippen LogP contribution in [0, 0.1) is 47.1 Å². The number of nitrogens with zero attached hydrogens (tertiary/aromatic N) is 6. The third-order valence-corrected chi connectivity index (χ3v) is 13.7. The summed E-state index contributed by atoms with van der Waals surface area (Å²) in [5.74, 6) is 5.52. The number of alkyl halides is 1. The number of aromatic nitrogens is 4. The number of methoxy groups -OCH3 is 2. The molecule has 10 nitrogen and oxygen atoms in total. The lowest BCUT2D eigenvalue weighted by molar-refractivity contribution is 0.104. The molecule has 2 aliphatic carbocycles. The molecule has 4 aromatic rings. The molecule has 59 heavy (non-hydrogen) atoms. The molecule has 15 heteroatoms. The molecule has 4 heterocycles. The van der Waals surface area contributed by atoms with Gasteiger partial charge in [0.2, 0.25) is 11.9 Å². The molecule has 0 radical (unpaired) electrons. The van der Waals surface area contributed by atoms with E-state index in [1.54, 1.807) is 26.4 Å². The Morgan fingerprint density at radius 2 is 1.08 bits per heavy atom. The molecule has 2 aromatic heterocycles. The van der Waals surface area contributed by atoms with E-state index in [1.165, 1.54) is 50.7 Å². The van der Waals surface area contributed by atoms with Crippen LogP contribution >= 0.6 is 47.8 Å². The van der Waals surface area contributed by atoms with E-state index in [1.807, 2.05) is 36.9 Å². The Labute approximate surface area is 372 Å². The molecular formula is C44H55Br3F2N6O4. The van der Waals surface area contributed by atoms with Crippen molar-refractivity contribution < 1.29 is 28.1 Å². The lowest BCUT2D eigenvalue weighted by atomic mass is 9.91. The molecule has 2 saturated heterocycles. The molecule has 0 unspecified atom stereocenters. The first kappa shape index (κ1) is 45.9. The van der Waals surface area contributed by atoms with Gasteiger partial charge in [-0.25, -0.2) is 28.7 Å². The van der Waals surface area contributed by atoms with Crippen molar-refractivity contribution in [3.63, 3.8) is 0 Å². The van der Waals surface area contributed by atoms with Crippen LogP contribution in [0.2, 0.25) is 0 Å². The molecule has 0 spiro atoms. The van der Waals surface area contributed by atoms with Crippen molar-refractivity contribution in [3.8, 4) is 0 Å². The first-order chi connectivity index (χ1) is 28.7. The van der Waals surface area contributed by atoms with Crippen molar-refractivity contribution in [2.75, 3.05) is 63.4 Å². The summed E-state index contributed by atoms with van der Waals surface area (Å²) in [6.07, 6.45) is 14.6. The third kappa shape index (κ3) is 13.7. The number of ether oxygens (including phenoxy) is 3. The van der Waals surface area contributed by atoms with Crippen LogP contribution < -0.4 is 9.80 Å². The lowest BCUT2D eigenvalue weighted by Crippen LogP contribution is -2.35. The normalized spacial score (nSPS) is 21.6. The fraction of sp³-hybridized carbons (Fsp3) is 0.545. The smallest absolute Gasteiger partial charge is 0.225 e. The second-order valence-corrected chi connectivity index (χ2v) is 18.2. The standard InChI is InChI=1S/C22H27BrFN3O2.C15H23N3O2.C7H5Br2F/c1-28-12-16-10-25-22(26-11-16)27-6-4-17(5-7-27)19-9-18(19)14-29-13-15-2-3-20(23)21(24)8-15;1-20-10-11-7-16-15(17-8-11)18-4-2-12(3-5-18)14-6-13(14)9-19;8-4-5-1-2-6(9)7(10)3-5/h2-3,8,10-11,17-19H,4-7,9,12-14H2,1H3;7-8,12-14,19H,2-6,9-10H2,1H3;1-3H,4H2/t18-,19+;13-,14+;/m00./s1. The van der Waals surface area contributed by atoms with E-state index < -0.39 is 0 Å². The highest BCUT2D eigenvalue weighted by Crippen LogP contribution is 2.49.